The molecule has 7 nitrogen and oxygen atoms in total. The summed E-state index contributed by atoms with van der Waals surface area (Å²) in [5, 5.41) is 3.15. The third-order valence-corrected chi connectivity index (χ3v) is 3.87. The quantitative estimate of drug-likeness (QED) is 0.781. The molecule has 1 saturated heterocycles. The molecule has 3 N–H and O–H groups in total. The van der Waals surface area contributed by atoms with Crippen molar-refractivity contribution in [3.63, 3.8) is 0 Å². The Hall–Kier alpha value is -2.12. The number of hydrogen-bond donors (Lipinski definition) is 2. The zero-order chi connectivity index (χ0) is 14.8. The summed E-state index contributed by atoms with van der Waals surface area (Å²) >= 11 is 0. The Labute approximate surface area is 121 Å². The Bertz CT molecular complexity index is 706. The number of carbonyl (C=O) groups excluding carboxylic acids is 1. The summed E-state index contributed by atoms with van der Waals surface area (Å²) in [6, 6.07) is 6.99. The molecule has 0 spiro atoms. The molecule has 1 aliphatic rings. The predicted octanol–water partition coefficient (Wildman–Crippen LogP) is -0.646. The standard InChI is InChI=1S/C14H18N4O3/c15-13(19)11-9-16-5-6-17(11)7-8-18-10-3-1-2-4-12(10)21-14(18)20/h1-4,11,16H,5-9H2,(H2,15,19). The van der Waals surface area contributed by atoms with E-state index in [2.05, 4.69) is 5.32 Å². The molecule has 1 atom stereocenters. The van der Waals surface area contributed by atoms with Gasteiger partial charge in [-0.1, -0.05) is 12.1 Å². The van der Waals surface area contributed by atoms with Gasteiger partial charge >= 0.3 is 5.76 Å². The maximum atomic E-state index is 11.9. The average molecular weight is 290 g/mol. The number of oxazole rings is 1. The van der Waals surface area contributed by atoms with Gasteiger partial charge in [-0.3, -0.25) is 14.3 Å². The number of nitrogens with one attached hydrogen (secondary N) is 1. The number of benzene rings is 1. The minimum absolute atomic E-state index is 0.326. The monoisotopic (exact) mass is 290 g/mol. The van der Waals surface area contributed by atoms with Gasteiger partial charge in [0.1, 0.15) is 6.04 Å². The van der Waals surface area contributed by atoms with E-state index >= 15 is 0 Å². The van der Waals surface area contributed by atoms with E-state index in [9.17, 15) is 9.59 Å². The van der Waals surface area contributed by atoms with Crippen molar-refractivity contribution < 1.29 is 9.21 Å². The fourth-order valence-corrected chi connectivity index (χ4v) is 2.75. The number of piperazine rings is 1. The van der Waals surface area contributed by atoms with Crippen molar-refractivity contribution in [3.8, 4) is 0 Å². The molecular weight excluding hydrogens is 272 g/mol. The van der Waals surface area contributed by atoms with Crippen LogP contribution < -0.4 is 16.8 Å². The van der Waals surface area contributed by atoms with Crippen LogP contribution in [-0.2, 0) is 11.3 Å². The summed E-state index contributed by atoms with van der Waals surface area (Å²) in [6.07, 6.45) is 0. The van der Waals surface area contributed by atoms with Crippen LogP contribution in [0.4, 0.5) is 0 Å². The van der Waals surface area contributed by atoms with E-state index < -0.39 is 0 Å². The highest BCUT2D eigenvalue weighted by atomic mass is 16.4. The van der Waals surface area contributed by atoms with Gasteiger partial charge in [-0.2, -0.15) is 0 Å². The molecule has 0 aliphatic carbocycles. The van der Waals surface area contributed by atoms with Crippen LogP contribution in [0.1, 0.15) is 0 Å². The van der Waals surface area contributed by atoms with Gasteiger partial charge in [-0.15, -0.1) is 0 Å². The number of hydrogen-bond acceptors (Lipinski definition) is 5. The SMILES string of the molecule is NC(=O)C1CNCCN1CCn1c(=O)oc2ccccc21. The Balaban J connectivity index is 1.78. The zero-order valence-electron chi connectivity index (χ0n) is 11.6. The Morgan fingerprint density at radius 2 is 2.19 bits per heavy atom. The molecule has 0 radical (unpaired) electrons. The summed E-state index contributed by atoms with van der Waals surface area (Å²) in [5.74, 6) is -0.714. The number of primary amides is 1. The lowest BCUT2D eigenvalue weighted by Crippen LogP contribution is -2.57. The number of rotatable bonds is 4. The highest BCUT2D eigenvalue weighted by Crippen LogP contribution is 2.12. The fourth-order valence-electron chi connectivity index (χ4n) is 2.75. The van der Waals surface area contributed by atoms with Gasteiger partial charge in [0.2, 0.25) is 5.91 Å². The van der Waals surface area contributed by atoms with Crippen molar-refractivity contribution in [2.24, 2.45) is 5.73 Å². The minimum atomic E-state index is -0.373. The maximum absolute atomic E-state index is 11.9. The van der Waals surface area contributed by atoms with Crippen LogP contribution >= 0.6 is 0 Å². The van der Waals surface area contributed by atoms with Crippen molar-refractivity contribution in [2.75, 3.05) is 26.2 Å². The van der Waals surface area contributed by atoms with Gasteiger partial charge in [0, 0.05) is 32.7 Å². The highest BCUT2D eigenvalue weighted by Gasteiger charge is 2.26. The number of para-hydroxylation sites is 2. The topological polar surface area (TPSA) is 93.5 Å². The number of nitrogens with two attached hydrogens (primary N) is 1. The van der Waals surface area contributed by atoms with E-state index in [0.717, 1.165) is 18.6 Å². The summed E-state index contributed by atoms with van der Waals surface area (Å²) in [6.45, 7) is 3.15. The summed E-state index contributed by atoms with van der Waals surface area (Å²) in [4.78, 5) is 25.4. The summed E-state index contributed by atoms with van der Waals surface area (Å²) in [5.41, 5.74) is 6.77. The smallest absolute Gasteiger partial charge is 0.408 e. The van der Waals surface area contributed by atoms with E-state index in [0.29, 0.717) is 25.2 Å². The average Bonchev–Trinajstić information content (AvgIpc) is 2.81. The van der Waals surface area contributed by atoms with E-state index in [-0.39, 0.29) is 17.7 Å². The molecule has 1 fully saturated rings. The van der Waals surface area contributed by atoms with Crippen LogP contribution in [0.5, 0.6) is 0 Å². The maximum Gasteiger partial charge on any atom is 0.419 e. The van der Waals surface area contributed by atoms with Crippen molar-refractivity contribution in [1.82, 2.24) is 14.8 Å². The largest absolute Gasteiger partial charge is 0.419 e. The normalized spacial score (nSPS) is 19.9. The first kappa shape index (κ1) is 13.8. The zero-order valence-corrected chi connectivity index (χ0v) is 11.6. The third-order valence-electron chi connectivity index (χ3n) is 3.87. The molecule has 1 aliphatic heterocycles. The lowest BCUT2D eigenvalue weighted by atomic mass is 10.2. The molecule has 112 valence electrons. The van der Waals surface area contributed by atoms with E-state index in [1.165, 1.54) is 0 Å². The Morgan fingerprint density at radius 1 is 1.38 bits per heavy atom. The first-order chi connectivity index (χ1) is 10.2. The van der Waals surface area contributed by atoms with Crippen LogP contribution in [0.3, 0.4) is 0 Å². The summed E-state index contributed by atoms with van der Waals surface area (Å²) < 4.78 is 6.79. The van der Waals surface area contributed by atoms with Crippen molar-refractivity contribution in [2.45, 2.75) is 12.6 Å². The van der Waals surface area contributed by atoms with Crippen LogP contribution in [0.15, 0.2) is 33.5 Å². The van der Waals surface area contributed by atoms with Crippen LogP contribution in [0.25, 0.3) is 11.1 Å². The molecule has 0 saturated carbocycles. The van der Waals surface area contributed by atoms with Crippen LogP contribution in [0, 0.1) is 0 Å². The lowest BCUT2D eigenvalue weighted by molar-refractivity contribution is -0.123. The molecule has 2 aromatic rings. The molecule has 3 rings (SSSR count). The number of carbonyl (C=O) groups is 1. The van der Waals surface area contributed by atoms with Gasteiger partial charge in [0.05, 0.1) is 5.52 Å². The van der Waals surface area contributed by atoms with Gasteiger partial charge < -0.3 is 15.5 Å². The molecule has 2 heterocycles. The predicted molar refractivity (Wildman–Crippen MR) is 77.9 cm³/mol. The lowest BCUT2D eigenvalue weighted by Gasteiger charge is -2.33. The number of aromatic nitrogens is 1. The molecule has 7 heteroatoms. The summed E-state index contributed by atoms with van der Waals surface area (Å²) in [7, 11) is 0. The molecule has 1 aromatic heterocycles. The first-order valence-electron chi connectivity index (χ1n) is 6.99. The van der Waals surface area contributed by atoms with Gasteiger partial charge in [-0.05, 0) is 12.1 Å². The molecule has 0 bridgehead atoms. The second kappa shape index (κ2) is 5.71. The van der Waals surface area contributed by atoms with Gasteiger partial charge in [-0.25, -0.2) is 4.79 Å². The molecule has 1 unspecified atom stereocenters. The van der Waals surface area contributed by atoms with Crippen LogP contribution in [0.2, 0.25) is 0 Å². The van der Waals surface area contributed by atoms with Crippen molar-refractivity contribution in [3.05, 3.63) is 34.8 Å². The number of amides is 1. The second-order valence-corrected chi connectivity index (χ2v) is 5.15. The molecule has 1 amide bonds. The third kappa shape index (κ3) is 2.70. The van der Waals surface area contributed by atoms with Crippen molar-refractivity contribution in [1.29, 1.82) is 0 Å². The van der Waals surface area contributed by atoms with Crippen LogP contribution in [-0.4, -0.2) is 47.6 Å². The Kier molecular flexibility index (Phi) is 3.76. The second-order valence-electron chi connectivity index (χ2n) is 5.15. The minimum Gasteiger partial charge on any atom is -0.408 e. The Morgan fingerprint density at radius 3 is 3.00 bits per heavy atom. The molecule has 21 heavy (non-hydrogen) atoms. The van der Waals surface area contributed by atoms with E-state index in [4.69, 9.17) is 10.2 Å². The fraction of sp³-hybridized carbons (Fsp3) is 0.429. The molecule has 1 aromatic carbocycles. The van der Waals surface area contributed by atoms with E-state index in [1.54, 1.807) is 10.6 Å². The van der Waals surface area contributed by atoms with Crippen molar-refractivity contribution >= 4 is 17.0 Å². The first-order valence-corrected chi connectivity index (χ1v) is 6.99. The molecular formula is C14H18N4O3. The number of fused-ring (bicyclic) bond motifs is 1. The highest BCUT2D eigenvalue weighted by molar-refractivity contribution is 5.80. The van der Waals surface area contributed by atoms with Gasteiger partial charge in [0.15, 0.2) is 5.58 Å². The number of nitrogens with zero attached hydrogens (tertiary/aromatic N) is 2. The van der Waals surface area contributed by atoms with E-state index in [1.807, 2.05) is 23.1 Å². The van der Waals surface area contributed by atoms with Gasteiger partial charge in [0.25, 0.3) is 0 Å².